The number of aromatic nitrogens is 3. The molecule has 0 fully saturated rings. The van der Waals surface area contributed by atoms with Gasteiger partial charge in [-0.2, -0.15) is 0 Å². The SMILES string of the molecule is CCSc1nnc(C)n1NC(=O)c1ccc2c(c1)OCCO2. The first-order valence-electron chi connectivity index (χ1n) is 6.95. The summed E-state index contributed by atoms with van der Waals surface area (Å²) in [6, 6.07) is 5.12. The molecule has 22 heavy (non-hydrogen) atoms. The van der Waals surface area contributed by atoms with Crippen molar-refractivity contribution >= 4 is 17.7 Å². The van der Waals surface area contributed by atoms with Crippen LogP contribution in [0.25, 0.3) is 0 Å². The van der Waals surface area contributed by atoms with Crippen molar-refractivity contribution in [3.8, 4) is 11.5 Å². The van der Waals surface area contributed by atoms with Crippen molar-refractivity contribution in [2.45, 2.75) is 19.0 Å². The van der Waals surface area contributed by atoms with Gasteiger partial charge in [-0.3, -0.25) is 10.2 Å². The summed E-state index contributed by atoms with van der Waals surface area (Å²) in [6.45, 7) is 4.81. The average molecular weight is 320 g/mol. The number of carbonyl (C=O) groups is 1. The van der Waals surface area contributed by atoms with Gasteiger partial charge in [0.25, 0.3) is 5.91 Å². The van der Waals surface area contributed by atoms with Crippen molar-refractivity contribution in [3.05, 3.63) is 29.6 Å². The molecular weight excluding hydrogens is 304 g/mol. The molecule has 1 amide bonds. The lowest BCUT2D eigenvalue weighted by Gasteiger charge is -2.18. The van der Waals surface area contributed by atoms with Crippen LogP contribution in [0.4, 0.5) is 0 Å². The van der Waals surface area contributed by atoms with Crippen molar-refractivity contribution in [1.82, 2.24) is 14.9 Å². The van der Waals surface area contributed by atoms with Gasteiger partial charge in [-0.15, -0.1) is 10.2 Å². The molecule has 1 aliphatic rings. The van der Waals surface area contributed by atoms with Gasteiger partial charge in [-0.1, -0.05) is 18.7 Å². The lowest BCUT2D eigenvalue weighted by Crippen LogP contribution is -2.25. The number of nitrogens with zero attached hydrogens (tertiary/aromatic N) is 3. The lowest BCUT2D eigenvalue weighted by atomic mass is 10.2. The fourth-order valence-corrected chi connectivity index (χ4v) is 2.71. The van der Waals surface area contributed by atoms with Crippen LogP contribution in [0.15, 0.2) is 23.4 Å². The van der Waals surface area contributed by atoms with Gasteiger partial charge in [0.1, 0.15) is 19.0 Å². The van der Waals surface area contributed by atoms with Gasteiger partial charge in [0, 0.05) is 5.56 Å². The summed E-state index contributed by atoms with van der Waals surface area (Å²) in [5, 5.41) is 8.68. The Kier molecular flexibility index (Phi) is 4.19. The number of carbonyl (C=O) groups excluding carboxylic acids is 1. The van der Waals surface area contributed by atoms with Crippen LogP contribution in [0.3, 0.4) is 0 Å². The number of hydrogen-bond acceptors (Lipinski definition) is 6. The largest absolute Gasteiger partial charge is 0.486 e. The maximum Gasteiger partial charge on any atom is 0.270 e. The third-order valence-electron chi connectivity index (χ3n) is 3.09. The molecule has 0 saturated carbocycles. The molecule has 0 aliphatic carbocycles. The molecule has 0 unspecified atom stereocenters. The molecule has 0 spiro atoms. The maximum atomic E-state index is 12.4. The third-order valence-corrected chi connectivity index (χ3v) is 3.90. The quantitative estimate of drug-likeness (QED) is 0.866. The number of thioether (sulfide) groups is 1. The smallest absolute Gasteiger partial charge is 0.270 e. The molecule has 8 heteroatoms. The Bertz CT molecular complexity index is 701. The minimum Gasteiger partial charge on any atom is -0.486 e. The predicted octanol–water partition coefficient (Wildman–Crippen LogP) is 1.85. The summed E-state index contributed by atoms with van der Waals surface area (Å²) in [4.78, 5) is 12.4. The van der Waals surface area contributed by atoms with E-state index in [4.69, 9.17) is 9.47 Å². The lowest BCUT2D eigenvalue weighted by molar-refractivity contribution is 0.100. The monoisotopic (exact) mass is 320 g/mol. The van der Waals surface area contributed by atoms with E-state index in [1.807, 2.05) is 6.92 Å². The van der Waals surface area contributed by atoms with E-state index in [1.165, 1.54) is 11.8 Å². The van der Waals surface area contributed by atoms with E-state index in [0.29, 0.717) is 41.3 Å². The molecular formula is C14H16N4O3S. The van der Waals surface area contributed by atoms with Gasteiger partial charge in [0.2, 0.25) is 5.16 Å². The van der Waals surface area contributed by atoms with Crippen molar-refractivity contribution in [2.75, 3.05) is 24.4 Å². The van der Waals surface area contributed by atoms with E-state index in [2.05, 4.69) is 15.6 Å². The van der Waals surface area contributed by atoms with Crippen LogP contribution in [0, 0.1) is 6.92 Å². The van der Waals surface area contributed by atoms with Gasteiger partial charge >= 0.3 is 0 Å². The molecule has 0 bridgehead atoms. The van der Waals surface area contributed by atoms with E-state index in [0.717, 1.165) is 5.75 Å². The topological polar surface area (TPSA) is 78.3 Å². The molecule has 1 N–H and O–H groups in total. The van der Waals surface area contributed by atoms with Crippen LogP contribution in [0.5, 0.6) is 11.5 Å². The standard InChI is InChI=1S/C14H16N4O3S/c1-3-22-14-16-15-9(2)18(14)17-13(19)10-4-5-11-12(8-10)21-7-6-20-11/h4-5,8H,3,6-7H2,1-2H3,(H,17,19). The van der Waals surface area contributed by atoms with Crippen LogP contribution >= 0.6 is 11.8 Å². The zero-order chi connectivity index (χ0) is 15.5. The zero-order valence-corrected chi connectivity index (χ0v) is 13.1. The number of fused-ring (bicyclic) bond motifs is 1. The Morgan fingerprint density at radius 3 is 2.86 bits per heavy atom. The number of ether oxygens (including phenoxy) is 2. The Hall–Kier alpha value is -2.22. The van der Waals surface area contributed by atoms with Crippen LogP contribution in [0.1, 0.15) is 23.1 Å². The highest BCUT2D eigenvalue weighted by molar-refractivity contribution is 7.99. The Morgan fingerprint density at radius 1 is 1.32 bits per heavy atom. The van der Waals surface area contributed by atoms with Crippen molar-refractivity contribution in [2.24, 2.45) is 0 Å². The van der Waals surface area contributed by atoms with Crippen LogP contribution in [-0.2, 0) is 0 Å². The predicted molar refractivity (Wildman–Crippen MR) is 82.3 cm³/mol. The highest BCUT2D eigenvalue weighted by atomic mass is 32.2. The van der Waals surface area contributed by atoms with E-state index >= 15 is 0 Å². The van der Waals surface area contributed by atoms with Crippen molar-refractivity contribution in [1.29, 1.82) is 0 Å². The first-order chi connectivity index (χ1) is 10.7. The summed E-state index contributed by atoms with van der Waals surface area (Å²) >= 11 is 1.51. The Morgan fingerprint density at radius 2 is 2.09 bits per heavy atom. The fourth-order valence-electron chi connectivity index (χ4n) is 2.04. The molecule has 7 nitrogen and oxygen atoms in total. The first-order valence-corrected chi connectivity index (χ1v) is 7.93. The molecule has 2 heterocycles. The molecule has 1 aromatic heterocycles. The Balaban J connectivity index is 1.81. The molecule has 116 valence electrons. The second-order valence-corrected chi connectivity index (χ2v) is 5.83. The van der Waals surface area contributed by atoms with E-state index in [-0.39, 0.29) is 5.91 Å². The molecule has 2 aromatic rings. The zero-order valence-electron chi connectivity index (χ0n) is 12.3. The van der Waals surface area contributed by atoms with E-state index in [1.54, 1.807) is 29.8 Å². The summed E-state index contributed by atoms with van der Waals surface area (Å²) in [7, 11) is 0. The normalized spacial score (nSPS) is 13.0. The van der Waals surface area contributed by atoms with Gasteiger partial charge in [0.15, 0.2) is 11.5 Å². The number of hydrogen-bond donors (Lipinski definition) is 1. The van der Waals surface area contributed by atoms with Crippen LogP contribution in [-0.4, -0.2) is 39.7 Å². The molecule has 1 aliphatic heterocycles. The summed E-state index contributed by atoms with van der Waals surface area (Å²) in [5.74, 6) is 2.46. The minimum atomic E-state index is -0.252. The van der Waals surface area contributed by atoms with Crippen molar-refractivity contribution < 1.29 is 14.3 Å². The average Bonchev–Trinajstić information content (AvgIpc) is 2.88. The van der Waals surface area contributed by atoms with E-state index < -0.39 is 0 Å². The molecule has 0 saturated heterocycles. The number of amides is 1. The molecule has 0 radical (unpaired) electrons. The second-order valence-electron chi connectivity index (χ2n) is 4.60. The molecule has 3 rings (SSSR count). The second kappa shape index (κ2) is 6.27. The number of rotatable bonds is 4. The molecule has 1 aromatic carbocycles. The molecule has 0 atom stereocenters. The summed E-state index contributed by atoms with van der Waals surface area (Å²) < 4.78 is 12.5. The maximum absolute atomic E-state index is 12.4. The Labute approximate surface area is 132 Å². The third kappa shape index (κ3) is 2.87. The van der Waals surface area contributed by atoms with Gasteiger partial charge in [0.05, 0.1) is 0 Å². The highest BCUT2D eigenvalue weighted by Gasteiger charge is 2.17. The number of nitrogens with one attached hydrogen (secondary N) is 1. The number of aryl methyl sites for hydroxylation is 1. The van der Waals surface area contributed by atoms with E-state index in [9.17, 15) is 4.79 Å². The first kappa shape index (κ1) is 14.7. The van der Waals surface area contributed by atoms with Crippen molar-refractivity contribution in [3.63, 3.8) is 0 Å². The summed E-state index contributed by atoms with van der Waals surface area (Å²) in [6.07, 6.45) is 0. The fraction of sp³-hybridized carbons (Fsp3) is 0.357. The van der Waals surface area contributed by atoms with Gasteiger partial charge in [-0.25, -0.2) is 4.68 Å². The highest BCUT2D eigenvalue weighted by Crippen LogP contribution is 2.30. The summed E-state index contributed by atoms with van der Waals surface area (Å²) in [5.41, 5.74) is 3.29. The minimum absolute atomic E-state index is 0.252. The van der Waals surface area contributed by atoms with Crippen LogP contribution < -0.4 is 14.9 Å². The van der Waals surface area contributed by atoms with Gasteiger partial charge in [-0.05, 0) is 30.9 Å². The van der Waals surface area contributed by atoms with Gasteiger partial charge < -0.3 is 9.47 Å². The van der Waals surface area contributed by atoms with Crippen LogP contribution in [0.2, 0.25) is 0 Å². The number of benzene rings is 1.